The van der Waals surface area contributed by atoms with Gasteiger partial charge in [-0.2, -0.15) is 0 Å². The maximum atomic E-state index is 5.31. The lowest BCUT2D eigenvalue weighted by Crippen LogP contribution is -1.85. The first-order valence-corrected chi connectivity index (χ1v) is 2.73. The van der Waals surface area contributed by atoms with E-state index in [1.165, 1.54) is 11.8 Å². The van der Waals surface area contributed by atoms with Gasteiger partial charge in [-0.15, -0.1) is 0 Å². The van der Waals surface area contributed by atoms with Crippen LogP contribution < -0.4 is 0 Å². The Kier molecular flexibility index (Phi) is 4.47. The second-order valence-electron chi connectivity index (χ2n) is 1.43. The van der Waals surface area contributed by atoms with Gasteiger partial charge in [-0.3, -0.25) is 0 Å². The van der Waals surface area contributed by atoms with Gasteiger partial charge in [0.1, 0.15) is 6.61 Å². The molecule has 0 atom stereocenters. The molecule has 0 amide bonds. The van der Waals surface area contributed by atoms with Crippen molar-refractivity contribution in [1.29, 1.82) is 0 Å². The van der Waals surface area contributed by atoms with E-state index in [0.717, 1.165) is 5.57 Å². The van der Waals surface area contributed by atoms with Crippen LogP contribution in [0, 0.1) is 0 Å². The molecule has 0 rings (SSSR count). The fourth-order valence-electron chi connectivity index (χ4n) is 0.222. The Morgan fingerprint density at radius 3 is 2.88 bits per heavy atom. The molecule has 0 heterocycles. The third kappa shape index (κ3) is 3.75. The molecule has 0 radical (unpaired) electrons. The van der Waals surface area contributed by atoms with Crippen molar-refractivity contribution in [2.24, 2.45) is 0 Å². The lowest BCUT2D eigenvalue weighted by atomic mass is 10.4. The molecular weight excluding hydrogens is 124 g/mol. The summed E-state index contributed by atoms with van der Waals surface area (Å²) in [6.45, 7) is 5.79. The van der Waals surface area contributed by atoms with Gasteiger partial charge >= 0.3 is 0 Å². The average Bonchev–Trinajstić information content (AvgIpc) is 1.83. The number of ether oxygens (including phenoxy) is 1. The monoisotopic (exact) mass is 132 g/mol. The van der Waals surface area contributed by atoms with Gasteiger partial charge in [-0.05, 0) is 12.5 Å². The Bertz CT molecular complexity index is 96.7. The van der Waals surface area contributed by atoms with Crippen LogP contribution in [0.25, 0.3) is 0 Å². The first-order valence-electron chi connectivity index (χ1n) is 2.29. The summed E-state index contributed by atoms with van der Waals surface area (Å²) in [6, 6.07) is 0. The molecule has 0 saturated carbocycles. The van der Waals surface area contributed by atoms with E-state index in [1.807, 2.05) is 6.92 Å². The predicted molar refractivity (Wildman–Crippen MR) is 35.8 cm³/mol. The molecule has 0 unspecified atom stereocenters. The van der Waals surface area contributed by atoms with E-state index in [2.05, 4.69) is 6.58 Å². The molecule has 0 spiro atoms. The first-order chi connectivity index (χ1) is 3.81. The molecular formula is C6H9ClO. The van der Waals surface area contributed by atoms with E-state index in [-0.39, 0.29) is 0 Å². The van der Waals surface area contributed by atoms with Gasteiger partial charge in [-0.1, -0.05) is 18.2 Å². The lowest BCUT2D eigenvalue weighted by molar-refractivity contribution is 0.282. The molecule has 1 nitrogen and oxygen atoms in total. The van der Waals surface area contributed by atoms with Crippen LogP contribution >= 0.6 is 11.6 Å². The molecule has 0 aromatic carbocycles. The second-order valence-corrected chi connectivity index (χ2v) is 1.65. The maximum Gasteiger partial charge on any atom is 0.109 e. The van der Waals surface area contributed by atoms with Crippen molar-refractivity contribution in [3.05, 3.63) is 23.9 Å². The fraction of sp³-hybridized carbons (Fsp3) is 0.333. The second kappa shape index (κ2) is 4.72. The number of hydrogen-bond acceptors (Lipinski definition) is 1. The van der Waals surface area contributed by atoms with Gasteiger partial charge < -0.3 is 4.74 Å². The van der Waals surface area contributed by atoms with Crippen molar-refractivity contribution in [1.82, 2.24) is 0 Å². The molecule has 0 aromatic rings. The summed E-state index contributed by atoms with van der Waals surface area (Å²) < 4.78 is 4.80. The zero-order valence-corrected chi connectivity index (χ0v) is 5.61. The Morgan fingerprint density at radius 2 is 2.50 bits per heavy atom. The number of rotatable bonds is 3. The topological polar surface area (TPSA) is 9.23 Å². The average molecular weight is 133 g/mol. The summed E-state index contributed by atoms with van der Waals surface area (Å²) in [4.78, 5) is 0. The van der Waals surface area contributed by atoms with E-state index >= 15 is 0 Å². The maximum absolute atomic E-state index is 5.31. The molecule has 0 aliphatic carbocycles. The normalized spacial score (nSPS) is 11.0. The Labute approximate surface area is 54.6 Å². The predicted octanol–water partition coefficient (Wildman–Crippen LogP) is 2.29. The highest BCUT2D eigenvalue weighted by molar-refractivity contribution is 6.25. The zero-order chi connectivity index (χ0) is 6.41. The number of halogens is 1. The van der Waals surface area contributed by atoms with Gasteiger partial charge in [0.2, 0.25) is 0 Å². The van der Waals surface area contributed by atoms with Gasteiger partial charge in [0.05, 0.1) is 6.26 Å². The third-order valence-electron chi connectivity index (χ3n) is 0.615. The van der Waals surface area contributed by atoms with Crippen molar-refractivity contribution >= 4 is 11.6 Å². The summed E-state index contributed by atoms with van der Waals surface area (Å²) in [6.07, 6.45) is 1.39. The van der Waals surface area contributed by atoms with E-state index in [0.29, 0.717) is 6.61 Å². The van der Waals surface area contributed by atoms with Crippen LogP contribution in [-0.4, -0.2) is 6.61 Å². The van der Waals surface area contributed by atoms with E-state index < -0.39 is 0 Å². The van der Waals surface area contributed by atoms with Crippen LogP contribution in [0.4, 0.5) is 0 Å². The standard InChI is InChI=1S/C6H9ClO/c1-3-8-5-6(2)4-7/h3-4H,1,5H2,2H3/b6-4+. The summed E-state index contributed by atoms with van der Waals surface area (Å²) >= 11 is 5.31. The Hall–Kier alpha value is -0.430. The number of hydrogen-bond donors (Lipinski definition) is 0. The largest absolute Gasteiger partial charge is 0.497 e. The molecule has 46 valence electrons. The molecule has 0 N–H and O–H groups in total. The quantitative estimate of drug-likeness (QED) is 0.536. The minimum atomic E-state index is 0.535. The van der Waals surface area contributed by atoms with Gasteiger partial charge in [0.15, 0.2) is 0 Å². The van der Waals surface area contributed by atoms with E-state index in [9.17, 15) is 0 Å². The molecule has 0 aliphatic heterocycles. The van der Waals surface area contributed by atoms with Crippen LogP contribution in [0.1, 0.15) is 6.92 Å². The highest BCUT2D eigenvalue weighted by Gasteiger charge is 1.82. The molecule has 0 saturated heterocycles. The summed E-state index contributed by atoms with van der Waals surface area (Å²) in [5, 5.41) is 0. The lowest BCUT2D eigenvalue weighted by Gasteiger charge is -1.95. The van der Waals surface area contributed by atoms with Crippen LogP contribution in [0.15, 0.2) is 23.9 Å². The molecule has 0 bridgehead atoms. The summed E-state index contributed by atoms with van der Waals surface area (Å²) in [5.74, 6) is 0. The first kappa shape index (κ1) is 7.57. The smallest absolute Gasteiger partial charge is 0.109 e. The van der Waals surface area contributed by atoms with Crippen molar-refractivity contribution in [2.75, 3.05) is 6.61 Å². The summed E-state index contributed by atoms with van der Waals surface area (Å²) in [5.41, 5.74) is 2.48. The SMILES string of the molecule is C=COC/C(C)=C/Cl. The van der Waals surface area contributed by atoms with Crippen molar-refractivity contribution in [3.8, 4) is 0 Å². The van der Waals surface area contributed by atoms with Crippen molar-refractivity contribution in [3.63, 3.8) is 0 Å². The van der Waals surface area contributed by atoms with Crippen LogP contribution in [0.2, 0.25) is 0 Å². The molecule has 2 heteroatoms. The molecule has 0 aromatic heterocycles. The fourth-order valence-corrected chi connectivity index (χ4v) is 0.285. The molecule has 8 heavy (non-hydrogen) atoms. The highest BCUT2D eigenvalue weighted by atomic mass is 35.5. The van der Waals surface area contributed by atoms with Crippen molar-refractivity contribution < 1.29 is 4.74 Å². The molecule has 0 aliphatic rings. The van der Waals surface area contributed by atoms with E-state index in [4.69, 9.17) is 16.3 Å². The summed E-state index contributed by atoms with van der Waals surface area (Å²) in [7, 11) is 0. The minimum absolute atomic E-state index is 0.535. The zero-order valence-electron chi connectivity index (χ0n) is 4.86. The van der Waals surface area contributed by atoms with Gasteiger partial charge in [0, 0.05) is 5.54 Å². The van der Waals surface area contributed by atoms with Gasteiger partial charge in [-0.25, -0.2) is 0 Å². The van der Waals surface area contributed by atoms with Crippen molar-refractivity contribution in [2.45, 2.75) is 6.92 Å². The van der Waals surface area contributed by atoms with Crippen LogP contribution in [0.5, 0.6) is 0 Å². The Balaban J connectivity index is 3.24. The van der Waals surface area contributed by atoms with Crippen LogP contribution in [0.3, 0.4) is 0 Å². The van der Waals surface area contributed by atoms with Crippen LogP contribution in [-0.2, 0) is 4.74 Å². The van der Waals surface area contributed by atoms with E-state index in [1.54, 1.807) is 0 Å². The Morgan fingerprint density at radius 1 is 1.88 bits per heavy atom. The minimum Gasteiger partial charge on any atom is -0.497 e. The highest BCUT2D eigenvalue weighted by Crippen LogP contribution is 1.94. The molecule has 0 fully saturated rings. The third-order valence-corrected chi connectivity index (χ3v) is 0.988. The van der Waals surface area contributed by atoms with Gasteiger partial charge in [0.25, 0.3) is 0 Å².